The molecule has 4 rings (SSSR count). The first-order chi connectivity index (χ1) is 13.0. The number of nitrogens with one attached hydrogen (secondary N) is 1. The summed E-state index contributed by atoms with van der Waals surface area (Å²) in [4.78, 5) is 2.31. The molecule has 5 atom stereocenters. The van der Waals surface area contributed by atoms with Crippen LogP contribution in [-0.4, -0.2) is 29.7 Å². The molecule has 134 valence electrons. The number of hydrogen-bond donors (Lipinski definition) is 1. The van der Waals surface area contributed by atoms with E-state index in [-0.39, 0.29) is 23.7 Å². The zero-order chi connectivity index (χ0) is 19.3. The van der Waals surface area contributed by atoms with Crippen molar-refractivity contribution in [1.82, 2.24) is 4.90 Å². The van der Waals surface area contributed by atoms with E-state index >= 15 is 0 Å². The highest BCUT2D eigenvalue weighted by Gasteiger charge is 2.61. The molecule has 1 N–H and O–H groups in total. The van der Waals surface area contributed by atoms with Crippen molar-refractivity contribution in [2.24, 2.45) is 17.3 Å². The highest BCUT2D eigenvalue weighted by Crippen LogP contribution is 2.57. The summed E-state index contributed by atoms with van der Waals surface area (Å²) in [6.45, 7) is 0. The molecule has 1 aromatic rings. The summed E-state index contributed by atoms with van der Waals surface area (Å²) in [5, 5.41) is 38.6. The van der Waals surface area contributed by atoms with Gasteiger partial charge in [-0.2, -0.15) is 15.8 Å². The van der Waals surface area contributed by atoms with Gasteiger partial charge in [-0.15, -0.1) is 0 Å². The second kappa shape index (κ2) is 6.31. The molecule has 2 bridgehead atoms. The van der Waals surface area contributed by atoms with Crippen molar-refractivity contribution in [2.45, 2.75) is 30.8 Å². The van der Waals surface area contributed by atoms with Gasteiger partial charge < -0.3 is 5.41 Å². The monoisotopic (exact) mass is 419 g/mol. The lowest BCUT2D eigenvalue weighted by Gasteiger charge is -2.50. The van der Waals surface area contributed by atoms with Gasteiger partial charge in [-0.25, -0.2) is 0 Å². The first kappa shape index (κ1) is 17.9. The van der Waals surface area contributed by atoms with E-state index in [1.807, 2.05) is 24.3 Å². The maximum absolute atomic E-state index is 10.1. The highest BCUT2D eigenvalue weighted by atomic mass is 79.9. The maximum atomic E-state index is 10.1. The van der Waals surface area contributed by atoms with Crippen LogP contribution in [0.1, 0.15) is 24.3 Å². The fourth-order valence-corrected chi connectivity index (χ4v) is 5.53. The van der Waals surface area contributed by atoms with Crippen LogP contribution in [0.2, 0.25) is 0 Å². The van der Waals surface area contributed by atoms with E-state index in [0.717, 1.165) is 28.5 Å². The molecule has 0 radical (unpaired) electrons. The predicted molar refractivity (Wildman–Crippen MR) is 104 cm³/mol. The lowest BCUT2D eigenvalue weighted by Crippen LogP contribution is -2.55. The molecule has 1 aliphatic carbocycles. The summed E-state index contributed by atoms with van der Waals surface area (Å²) in [5.74, 6) is -1.37. The van der Waals surface area contributed by atoms with Crippen molar-refractivity contribution in [3.63, 3.8) is 0 Å². The molecule has 0 amide bonds. The van der Waals surface area contributed by atoms with Gasteiger partial charge in [-0.3, -0.25) is 4.90 Å². The average Bonchev–Trinajstić information content (AvgIpc) is 2.91. The molecule has 2 aliphatic heterocycles. The Bertz CT molecular complexity index is 944. The van der Waals surface area contributed by atoms with Crippen LogP contribution in [0.3, 0.4) is 0 Å². The van der Waals surface area contributed by atoms with Gasteiger partial charge in [0, 0.05) is 28.4 Å². The Labute approximate surface area is 167 Å². The Morgan fingerprint density at radius 2 is 1.81 bits per heavy atom. The quantitative estimate of drug-likeness (QED) is 0.700. The first-order valence-corrected chi connectivity index (χ1v) is 9.78. The second-order valence-corrected chi connectivity index (χ2v) is 8.52. The van der Waals surface area contributed by atoms with Crippen molar-refractivity contribution >= 4 is 21.6 Å². The van der Waals surface area contributed by atoms with Crippen LogP contribution in [0.25, 0.3) is 0 Å². The fourth-order valence-electron chi connectivity index (χ4n) is 5.27. The summed E-state index contributed by atoms with van der Waals surface area (Å²) in [7, 11) is 2.08. The van der Waals surface area contributed by atoms with E-state index in [1.54, 1.807) is 0 Å². The molecule has 0 spiro atoms. The van der Waals surface area contributed by atoms with Crippen LogP contribution in [0.4, 0.5) is 0 Å². The predicted octanol–water partition coefficient (Wildman–Crippen LogP) is 3.76. The maximum Gasteiger partial charge on any atom is 0.189 e. The molecule has 1 aromatic carbocycles. The van der Waals surface area contributed by atoms with Gasteiger partial charge in [-0.05, 0) is 43.2 Å². The van der Waals surface area contributed by atoms with E-state index in [1.165, 1.54) is 0 Å². The Morgan fingerprint density at radius 1 is 1.15 bits per heavy atom. The van der Waals surface area contributed by atoms with E-state index in [2.05, 4.69) is 52.2 Å². The molecule has 1 saturated heterocycles. The molecule has 5 nitrogen and oxygen atoms in total. The minimum absolute atomic E-state index is 0.0747. The fraction of sp³-hybridized carbons (Fsp3) is 0.429. The lowest BCUT2D eigenvalue weighted by atomic mass is 9.53. The number of rotatable bonds is 1. The minimum atomic E-state index is -1.63. The highest BCUT2D eigenvalue weighted by molar-refractivity contribution is 9.10. The van der Waals surface area contributed by atoms with E-state index in [4.69, 9.17) is 5.41 Å². The zero-order valence-corrected chi connectivity index (χ0v) is 16.4. The van der Waals surface area contributed by atoms with Crippen LogP contribution < -0.4 is 0 Å². The van der Waals surface area contributed by atoms with Gasteiger partial charge in [0.1, 0.15) is 5.92 Å². The number of likely N-dealkylation sites (N-methyl/N-ethyl adjacent to an activating group) is 1. The molecule has 2 fully saturated rings. The largest absolute Gasteiger partial charge is 0.305 e. The summed E-state index contributed by atoms with van der Waals surface area (Å²) in [5.41, 5.74) is 0.0977. The summed E-state index contributed by atoms with van der Waals surface area (Å²) in [6.07, 6.45) is 4.10. The molecule has 27 heavy (non-hydrogen) atoms. The topological polar surface area (TPSA) is 98.5 Å². The smallest absolute Gasteiger partial charge is 0.189 e. The Morgan fingerprint density at radius 3 is 2.41 bits per heavy atom. The third kappa shape index (κ3) is 2.32. The molecule has 0 aromatic heterocycles. The first-order valence-electron chi connectivity index (χ1n) is 8.98. The van der Waals surface area contributed by atoms with Gasteiger partial charge in [0.2, 0.25) is 0 Å². The van der Waals surface area contributed by atoms with Gasteiger partial charge in [0.05, 0.1) is 23.9 Å². The van der Waals surface area contributed by atoms with Crippen LogP contribution in [0.15, 0.2) is 40.4 Å². The van der Waals surface area contributed by atoms with E-state index in [0.29, 0.717) is 0 Å². The number of nitriles is 3. The van der Waals surface area contributed by atoms with Gasteiger partial charge in [0.15, 0.2) is 5.41 Å². The Kier molecular flexibility index (Phi) is 4.19. The third-order valence-electron chi connectivity index (χ3n) is 6.57. The lowest BCUT2D eigenvalue weighted by molar-refractivity contribution is 0.157. The van der Waals surface area contributed by atoms with Crippen molar-refractivity contribution in [3.05, 3.63) is 46.0 Å². The van der Waals surface area contributed by atoms with Crippen LogP contribution in [0.5, 0.6) is 0 Å². The normalized spacial score (nSPS) is 34.0. The summed E-state index contributed by atoms with van der Waals surface area (Å²) >= 11 is 3.44. The van der Waals surface area contributed by atoms with Gasteiger partial charge in [-0.1, -0.05) is 34.1 Å². The van der Waals surface area contributed by atoms with Crippen molar-refractivity contribution in [3.8, 4) is 18.2 Å². The number of hydrogen-bond acceptors (Lipinski definition) is 5. The molecular weight excluding hydrogens is 402 g/mol. The molecule has 1 saturated carbocycles. The third-order valence-corrected chi connectivity index (χ3v) is 7.10. The molecule has 2 heterocycles. The molecule has 6 heteroatoms. The van der Waals surface area contributed by atoms with E-state index < -0.39 is 17.3 Å². The van der Waals surface area contributed by atoms with E-state index in [9.17, 15) is 15.8 Å². The molecular formula is C21H18BrN5. The van der Waals surface area contributed by atoms with Crippen LogP contribution in [0, 0.1) is 56.7 Å². The average molecular weight is 420 g/mol. The Hall–Kier alpha value is -2.46. The Balaban J connectivity index is 1.99. The van der Waals surface area contributed by atoms with Crippen molar-refractivity contribution in [2.75, 3.05) is 7.05 Å². The minimum Gasteiger partial charge on any atom is -0.305 e. The number of halogens is 1. The van der Waals surface area contributed by atoms with Crippen molar-refractivity contribution < 1.29 is 0 Å². The number of fused-ring (bicyclic) bond motifs is 4. The molecule has 5 unspecified atom stereocenters. The number of benzene rings is 1. The van der Waals surface area contributed by atoms with Gasteiger partial charge in [0.25, 0.3) is 0 Å². The summed E-state index contributed by atoms with van der Waals surface area (Å²) < 4.78 is 0.920. The number of nitrogens with zero attached hydrogens (tertiary/aromatic N) is 4. The molecule has 3 aliphatic rings. The zero-order valence-electron chi connectivity index (χ0n) is 14.9. The second-order valence-electron chi connectivity index (χ2n) is 7.61. The summed E-state index contributed by atoms with van der Waals surface area (Å²) in [6, 6.07) is 14.6. The SMILES string of the molecule is CN1C2C=C3C(C#N)C(=N)C(C#N)(C#N)C(c4ccc(Br)cc4)C3C1CC2. The van der Waals surface area contributed by atoms with Gasteiger partial charge >= 0.3 is 0 Å². The van der Waals surface area contributed by atoms with Crippen LogP contribution >= 0.6 is 15.9 Å². The van der Waals surface area contributed by atoms with Crippen molar-refractivity contribution in [1.29, 1.82) is 21.2 Å². The van der Waals surface area contributed by atoms with Crippen LogP contribution in [-0.2, 0) is 0 Å². The standard InChI is InChI=1S/C21H18BrN5/c1-27-14-6-7-17(27)18-15(8-14)16(9-23)20(26)21(10-24,11-25)19(18)12-2-4-13(22)5-3-12/h2-5,8,14,16-19,26H,6-7H2,1H3.